The van der Waals surface area contributed by atoms with Crippen LogP contribution in [-0.2, 0) is 6.42 Å². The van der Waals surface area contributed by atoms with Gasteiger partial charge in [-0.15, -0.1) is 11.3 Å². The van der Waals surface area contributed by atoms with Crippen molar-refractivity contribution in [3.63, 3.8) is 0 Å². The summed E-state index contributed by atoms with van der Waals surface area (Å²) in [4.78, 5) is 22.4. The Morgan fingerprint density at radius 1 is 1.19 bits per heavy atom. The Kier molecular flexibility index (Phi) is 4.99. The maximum absolute atomic E-state index is 12.6. The van der Waals surface area contributed by atoms with Gasteiger partial charge in [0.05, 0.1) is 4.88 Å². The van der Waals surface area contributed by atoms with Crippen LogP contribution >= 0.6 is 22.9 Å². The molecule has 1 amide bonds. The summed E-state index contributed by atoms with van der Waals surface area (Å²) in [7, 11) is 0. The highest BCUT2D eigenvalue weighted by Gasteiger charge is 2.29. The van der Waals surface area contributed by atoms with Gasteiger partial charge in [0.2, 0.25) is 5.13 Å². The number of aromatic nitrogens is 2. The van der Waals surface area contributed by atoms with Gasteiger partial charge < -0.3 is 9.80 Å². The van der Waals surface area contributed by atoms with Crippen LogP contribution in [0.4, 0.5) is 5.13 Å². The molecule has 0 aliphatic carbocycles. The average Bonchev–Trinajstić information content (AvgIpc) is 3.34. The summed E-state index contributed by atoms with van der Waals surface area (Å²) in [5.74, 6) is 0.995. The Morgan fingerprint density at radius 3 is 2.77 bits per heavy atom. The second kappa shape index (κ2) is 7.55. The van der Waals surface area contributed by atoms with Gasteiger partial charge in [-0.1, -0.05) is 36.4 Å². The second-order valence-corrected chi connectivity index (χ2v) is 8.10. The first-order chi connectivity index (χ1) is 12.7. The zero-order chi connectivity index (χ0) is 17.9. The number of rotatable bonds is 4. The minimum absolute atomic E-state index is 0.134. The predicted molar refractivity (Wildman–Crippen MR) is 106 cm³/mol. The standard InChI is InChI=1S/C19H20N4OS2/c1-14-13-22(9-10-23(14)18(24)16-8-5-11-25-16)19-20-17(21-26-19)12-15-6-3-2-4-7-15/h2-8,11,14H,9-10,12-13H2,1H3. The highest BCUT2D eigenvalue weighted by Crippen LogP contribution is 2.24. The lowest BCUT2D eigenvalue weighted by molar-refractivity contribution is 0.0679. The number of amides is 1. The molecule has 26 heavy (non-hydrogen) atoms. The Bertz CT molecular complexity index is 863. The molecule has 0 N–H and O–H groups in total. The van der Waals surface area contributed by atoms with E-state index in [-0.39, 0.29) is 11.9 Å². The Morgan fingerprint density at radius 2 is 2.04 bits per heavy atom. The number of hydrogen-bond donors (Lipinski definition) is 0. The first-order valence-corrected chi connectivity index (χ1v) is 10.3. The fourth-order valence-corrected chi connectivity index (χ4v) is 4.60. The largest absolute Gasteiger partial charge is 0.343 e. The average molecular weight is 385 g/mol. The third-order valence-electron chi connectivity index (χ3n) is 4.55. The number of carbonyl (C=O) groups is 1. The molecule has 1 fully saturated rings. The summed E-state index contributed by atoms with van der Waals surface area (Å²) in [6.07, 6.45) is 0.754. The van der Waals surface area contributed by atoms with Crippen molar-refractivity contribution >= 4 is 33.9 Å². The molecule has 134 valence electrons. The molecule has 3 heterocycles. The molecular formula is C19H20N4OS2. The van der Waals surface area contributed by atoms with E-state index in [1.807, 2.05) is 40.6 Å². The molecule has 1 aliphatic rings. The number of hydrogen-bond acceptors (Lipinski definition) is 6. The van der Waals surface area contributed by atoms with Crippen LogP contribution in [0.3, 0.4) is 0 Å². The topological polar surface area (TPSA) is 49.3 Å². The van der Waals surface area contributed by atoms with E-state index in [1.165, 1.54) is 28.4 Å². The van der Waals surface area contributed by atoms with Gasteiger partial charge in [-0.2, -0.15) is 4.37 Å². The molecule has 0 spiro atoms. The molecule has 0 radical (unpaired) electrons. The van der Waals surface area contributed by atoms with Gasteiger partial charge in [-0.3, -0.25) is 4.79 Å². The normalized spacial score (nSPS) is 17.5. The highest BCUT2D eigenvalue weighted by molar-refractivity contribution is 7.12. The van der Waals surface area contributed by atoms with Crippen LogP contribution in [0, 0.1) is 0 Å². The zero-order valence-corrected chi connectivity index (χ0v) is 16.2. The van der Waals surface area contributed by atoms with Crippen molar-refractivity contribution in [2.45, 2.75) is 19.4 Å². The summed E-state index contributed by atoms with van der Waals surface area (Å²) in [6, 6.07) is 14.3. The van der Waals surface area contributed by atoms with Crippen molar-refractivity contribution in [2.24, 2.45) is 0 Å². The van der Waals surface area contributed by atoms with Crippen molar-refractivity contribution in [1.82, 2.24) is 14.3 Å². The molecule has 1 aliphatic heterocycles. The van der Waals surface area contributed by atoms with E-state index in [2.05, 4.69) is 28.3 Å². The first kappa shape index (κ1) is 17.2. The van der Waals surface area contributed by atoms with Gasteiger partial charge in [-0.05, 0) is 23.9 Å². The van der Waals surface area contributed by atoms with Crippen molar-refractivity contribution in [1.29, 1.82) is 0 Å². The molecule has 0 bridgehead atoms. The monoisotopic (exact) mass is 384 g/mol. The molecule has 1 unspecified atom stereocenters. The van der Waals surface area contributed by atoms with Crippen LogP contribution in [0.2, 0.25) is 0 Å². The fraction of sp³-hybridized carbons (Fsp3) is 0.316. The summed E-state index contributed by atoms with van der Waals surface area (Å²) >= 11 is 2.95. The Labute approximate surface area is 161 Å². The highest BCUT2D eigenvalue weighted by atomic mass is 32.1. The summed E-state index contributed by atoms with van der Waals surface area (Å²) in [5.41, 5.74) is 1.22. The number of anilines is 1. The van der Waals surface area contributed by atoms with E-state index >= 15 is 0 Å². The van der Waals surface area contributed by atoms with E-state index in [4.69, 9.17) is 4.98 Å². The van der Waals surface area contributed by atoms with Crippen molar-refractivity contribution in [3.8, 4) is 0 Å². The SMILES string of the molecule is CC1CN(c2nc(Cc3ccccc3)ns2)CCN1C(=O)c1cccs1. The third kappa shape index (κ3) is 3.64. The molecule has 1 atom stereocenters. The summed E-state index contributed by atoms with van der Waals surface area (Å²) in [5, 5.41) is 2.90. The zero-order valence-electron chi connectivity index (χ0n) is 14.5. The van der Waals surface area contributed by atoms with Gasteiger partial charge in [0, 0.05) is 43.6 Å². The van der Waals surface area contributed by atoms with Gasteiger partial charge in [-0.25, -0.2) is 4.98 Å². The summed E-state index contributed by atoms with van der Waals surface area (Å²) in [6.45, 7) is 4.40. The molecular weight excluding hydrogens is 364 g/mol. The van der Waals surface area contributed by atoms with E-state index in [1.54, 1.807) is 0 Å². The van der Waals surface area contributed by atoms with Crippen LogP contribution < -0.4 is 4.90 Å². The second-order valence-electron chi connectivity index (χ2n) is 6.43. The number of carbonyl (C=O) groups excluding carboxylic acids is 1. The van der Waals surface area contributed by atoms with E-state index in [0.717, 1.165) is 35.3 Å². The Hall–Kier alpha value is -2.25. The number of thiophene rings is 1. The molecule has 1 saturated heterocycles. The van der Waals surface area contributed by atoms with Crippen molar-refractivity contribution in [3.05, 3.63) is 64.1 Å². The lowest BCUT2D eigenvalue weighted by Crippen LogP contribution is -2.54. The van der Waals surface area contributed by atoms with Crippen LogP contribution in [0.15, 0.2) is 47.8 Å². The van der Waals surface area contributed by atoms with Crippen molar-refractivity contribution in [2.75, 3.05) is 24.5 Å². The van der Waals surface area contributed by atoms with Crippen LogP contribution in [-0.4, -0.2) is 45.8 Å². The molecule has 2 aromatic heterocycles. The number of nitrogens with zero attached hydrogens (tertiary/aromatic N) is 4. The van der Waals surface area contributed by atoms with Crippen molar-refractivity contribution < 1.29 is 4.79 Å². The maximum Gasteiger partial charge on any atom is 0.264 e. The Balaban J connectivity index is 1.40. The molecule has 5 nitrogen and oxygen atoms in total. The minimum atomic E-state index is 0.134. The van der Waals surface area contributed by atoms with Gasteiger partial charge in [0.1, 0.15) is 5.82 Å². The van der Waals surface area contributed by atoms with Gasteiger partial charge >= 0.3 is 0 Å². The van der Waals surface area contributed by atoms with Crippen LogP contribution in [0.5, 0.6) is 0 Å². The van der Waals surface area contributed by atoms with Crippen LogP contribution in [0.25, 0.3) is 0 Å². The molecule has 0 saturated carbocycles. The minimum Gasteiger partial charge on any atom is -0.343 e. The smallest absolute Gasteiger partial charge is 0.264 e. The first-order valence-electron chi connectivity index (χ1n) is 8.66. The van der Waals surface area contributed by atoms with Gasteiger partial charge in [0.25, 0.3) is 5.91 Å². The fourth-order valence-electron chi connectivity index (χ4n) is 3.20. The molecule has 3 aromatic rings. The number of benzene rings is 1. The molecule has 4 rings (SSSR count). The third-order valence-corrected chi connectivity index (χ3v) is 6.23. The van der Waals surface area contributed by atoms with Gasteiger partial charge in [0.15, 0.2) is 0 Å². The lowest BCUT2D eigenvalue weighted by Gasteiger charge is -2.39. The predicted octanol–water partition coefficient (Wildman–Crippen LogP) is 3.54. The number of piperazine rings is 1. The lowest BCUT2D eigenvalue weighted by atomic mass is 10.1. The van der Waals surface area contributed by atoms with E-state index in [0.29, 0.717) is 6.54 Å². The molecule has 1 aromatic carbocycles. The molecule has 7 heteroatoms. The van der Waals surface area contributed by atoms with E-state index in [9.17, 15) is 4.79 Å². The van der Waals surface area contributed by atoms with E-state index < -0.39 is 0 Å². The maximum atomic E-state index is 12.6. The van der Waals surface area contributed by atoms with Crippen LogP contribution in [0.1, 0.15) is 28.0 Å². The quantitative estimate of drug-likeness (QED) is 0.690. The summed E-state index contributed by atoms with van der Waals surface area (Å²) < 4.78 is 4.52.